The topological polar surface area (TPSA) is 89.8 Å². The molecule has 0 unspecified atom stereocenters. The van der Waals surface area contributed by atoms with Crippen LogP contribution in [0.3, 0.4) is 0 Å². The third kappa shape index (κ3) is 1.68. The number of ether oxygens (including phenoxy) is 1. The number of hydrogen-bond donors (Lipinski definition) is 0. The predicted octanol–water partition coefficient (Wildman–Crippen LogP) is 1.74. The number of anilines is 1. The molecule has 4 rings (SSSR count). The summed E-state index contributed by atoms with van der Waals surface area (Å²) in [5, 5.41) is 11.1. The lowest BCUT2D eigenvalue weighted by molar-refractivity contribution is -0.385. The second kappa shape index (κ2) is 4.26. The molecule has 118 valence electrons. The standard InChI is InChI=1S/C16H14N2O5/c1-8-3-4-9(7-10(8)18(21)22)17-14(19)12-11-5-6-16(2,23-11)13(12)15(17)20/h3-7,11-13H,1-2H3/t11-,12+,13-,16-/m1/s1. The van der Waals surface area contributed by atoms with Gasteiger partial charge in [0.1, 0.15) is 0 Å². The second-order valence-electron chi connectivity index (χ2n) is 6.37. The minimum atomic E-state index is -0.770. The van der Waals surface area contributed by atoms with Gasteiger partial charge in [-0.05, 0) is 19.9 Å². The highest BCUT2D eigenvalue weighted by Crippen LogP contribution is 2.52. The largest absolute Gasteiger partial charge is 0.362 e. The number of nitro groups is 1. The van der Waals surface area contributed by atoms with Crippen LogP contribution in [0.2, 0.25) is 0 Å². The first-order valence-electron chi connectivity index (χ1n) is 7.33. The molecule has 7 nitrogen and oxygen atoms in total. The minimum Gasteiger partial charge on any atom is -0.362 e. The highest BCUT2D eigenvalue weighted by atomic mass is 16.6. The van der Waals surface area contributed by atoms with Crippen molar-refractivity contribution < 1.29 is 19.2 Å². The molecule has 23 heavy (non-hydrogen) atoms. The fourth-order valence-corrected chi connectivity index (χ4v) is 3.84. The Kier molecular flexibility index (Phi) is 2.61. The number of benzene rings is 1. The van der Waals surface area contributed by atoms with E-state index < -0.39 is 28.5 Å². The molecule has 1 aromatic carbocycles. The van der Waals surface area contributed by atoms with Crippen molar-refractivity contribution in [2.75, 3.05) is 4.90 Å². The Morgan fingerprint density at radius 2 is 2.04 bits per heavy atom. The lowest BCUT2D eigenvalue weighted by Crippen LogP contribution is -2.38. The summed E-state index contributed by atoms with van der Waals surface area (Å²) in [7, 11) is 0. The molecule has 2 saturated heterocycles. The number of nitro benzene ring substituents is 1. The molecule has 0 aliphatic carbocycles. The Labute approximate surface area is 131 Å². The van der Waals surface area contributed by atoms with Gasteiger partial charge in [-0.15, -0.1) is 0 Å². The smallest absolute Gasteiger partial charge is 0.274 e. The Morgan fingerprint density at radius 1 is 1.30 bits per heavy atom. The highest BCUT2D eigenvalue weighted by molar-refractivity contribution is 6.23. The van der Waals surface area contributed by atoms with Gasteiger partial charge in [-0.2, -0.15) is 0 Å². The van der Waals surface area contributed by atoms with E-state index in [1.165, 1.54) is 6.07 Å². The van der Waals surface area contributed by atoms with Crippen molar-refractivity contribution in [3.8, 4) is 0 Å². The lowest BCUT2D eigenvalue weighted by Gasteiger charge is -2.24. The van der Waals surface area contributed by atoms with Crippen LogP contribution >= 0.6 is 0 Å². The van der Waals surface area contributed by atoms with Gasteiger partial charge < -0.3 is 4.74 Å². The first-order chi connectivity index (χ1) is 10.8. The zero-order valence-corrected chi connectivity index (χ0v) is 12.6. The molecular weight excluding hydrogens is 300 g/mol. The lowest BCUT2D eigenvalue weighted by atomic mass is 9.78. The van der Waals surface area contributed by atoms with Gasteiger partial charge in [0.2, 0.25) is 11.8 Å². The average molecular weight is 314 g/mol. The average Bonchev–Trinajstić information content (AvgIpc) is 3.09. The van der Waals surface area contributed by atoms with E-state index in [4.69, 9.17) is 4.74 Å². The van der Waals surface area contributed by atoms with Gasteiger partial charge >= 0.3 is 0 Å². The molecule has 3 aliphatic rings. The summed E-state index contributed by atoms with van der Waals surface area (Å²) in [4.78, 5) is 37.2. The Balaban J connectivity index is 1.78. The minimum absolute atomic E-state index is 0.108. The number of amides is 2. The molecule has 0 radical (unpaired) electrons. The molecule has 0 aromatic heterocycles. The van der Waals surface area contributed by atoms with Crippen molar-refractivity contribution >= 4 is 23.2 Å². The number of carbonyl (C=O) groups excluding carboxylic acids is 2. The van der Waals surface area contributed by atoms with Crippen LogP contribution in [0.4, 0.5) is 11.4 Å². The van der Waals surface area contributed by atoms with Gasteiger partial charge in [0.15, 0.2) is 0 Å². The van der Waals surface area contributed by atoms with Gasteiger partial charge in [-0.3, -0.25) is 19.7 Å². The Morgan fingerprint density at radius 3 is 2.70 bits per heavy atom. The van der Waals surface area contributed by atoms with Crippen LogP contribution in [-0.2, 0) is 14.3 Å². The van der Waals surface area contributed by atoms with Crippen LogP contribution in [0.5, 0.6) is 0 Å². The maximum atomic E-state index is 12.8. The van der Waals surface area contributed by atoms with Crippen LogP contribution in [0.25, 0.3) is 0 Å². The summed E-state index contributed by atoms with van der Waals surface area (Å²) in [6, 6.07) is 4.40. The van der Waals surface area contributed by atoms with Gasteiger partial charge in [0, 0.05) is 11.6 Å². The van der Waals surface area contributed by atoms with Crippen LogP contribution in [0, 0.1) is 28.9 Å². The van der Waals surface area contributed by atoms with E-state index in [2.05, 4.69) is 0 Å². The molecule has 3 aliphatic heterocycles. The van der Waals surface area contributed by atoms with Crippen molar-refractivity contribution in [1.82, 2.24) is 0 Å². The number of imide groups is 1. The first-order valence-corrected chi connectivity index (χ1v) is 7.33. The molecule has 0 spiro atoms. The number of aryl methyl sites for hydroxylation is 1. The fourth-order valence-electron chi connectivity index (χ4n) is 3.84. The van der Waals surface area contributed by atoms with E-state index in [1.807, 2.05) is 12.2 Å². The van der Waals surface area contributed by atoms with Crippen molar-refractivity contribution in [1.29, 1.82) is 0 Å². The van der Waals surface area contributed by atoms with Gasteiger partial charge in [-0.1, -0.05) is 18.2 Å². The Bertz CT molecular complexity index is 802. The van der Waals surface area contributed by atoms with Gasteiger partial charge in [0.05, 0.1) is 34.2 Å². The molecule has 2 bridgehead atoms. The molecule has 7 heteroatoms. The molecule has 0 saturated carbocycles. The van der Waals surface area contributed by atoms with E-state index in [0.29, 0.717) is 5.56 Å². The zero-order chi connectivity index (χ0) is 16.5. The van der Waals surface area contributed by atoms with E-state index >= 15 is 0 Å². The number of hydrogen-bond acceptors (Lipinski definition) is 5. The summed E-state index contributed by atoms with van der Waals surface area (Å²) < 4.78 is 5.75. The van der Waals surface area contributed by atoms with Crippen LogP contribution in [0.1, 0.15) is 12.5 Å². The van der Waals surface area contributed by atoms with Gasteiger partial charge in [0.25, 0.3) is 5.69 Å². The zero-order valence-electron chi connectivity index (χ0n) is 12.6. The molecule has 0 N–H and O–H groups in total. The monoisotopic (exact) mass is 314 g/mol. The summed E-state index contributed by atoms with van der Waals surface area (Å²) in [5.74, 6) is -1.81. The van der Waals surface area contributed by atoms with E-state index in [1.54, 1.807) is 26.0 Å². The number of nitrogens with zero attached hydrogens (tertiary/aromatic N) is 2. The van der Waals surface area contributed by atoms with E-state index in [0.717, 1.165) is 4.90 Å². The van der Waals surface area contributed by atoms with Crippen LogP contribution in [0.15, 0.2) is 30.4 Å². The van der Waals surface area contributed by atoms with Crippen molar-refractivity contribution in [3.63, 3.8) is 0 Å². The third-order valence-electron chi connectivity index (χ3n) is 4.98. The highest BCUT2D eigenvalue weighted by Gasteiger charge is 2.66. The maximum absolute atomic E-state index is 12.8. The summed E-state index contributed by atoms with van der Waals surface area (Å²) >= 11 is 0. The molecule has 2 amide bonds. The summed E-state index contributed by atoms with van der Waals surface area (Å²) in [6.07, 6.45) is 3.24. The quantitative estimate of drug-likeness (QED) is 0.359. The van der Waals surface area contributed by atoms with E-state index in [9.17, 15) is 19.7 Å². The van der Waals surface area contributed by atoms with Crippen LogP contribution < -0.4 is 4.90 Å². The van der Waals surface area contributed by atoms with Crippen molar-refractivity contribution in [2.45, 2.75) is 25.6 Å². The fraction of sp³-hybridized carbons (Fsp3) is 0.375. The van der Waals surface area contributed by atoms with Crippen molar-refractivity contribution in [3.05, 3.63) is 46.0 Å². The van der Waals surface area contributed by atoms with Gasteiger partial charge in [-0.25, -0.2) is 4.90 Å². The molecular formula is C16H14N2O5. The maximum Gasteiger partial charge on any atom is 0.274 e. The predicted molar refractivity (Wildman–Crippen MR) is 79.7 cm³/mol. The third-order valence-corrected chi connectivity index (χ3v) is 4.98. The number of fused-ring (bicyclic) bond motifs is 5. The summed E-state index contributed by atoms with van der Waals surface area (Å²) in [5.41, 5.74) is -0.151. The summed E-state index contributed by atoms with van der Waals surface area (Å²) in [6.45, 7) is 3.41. The molecule has 2 fully saturated rings. The Hall–Kier alpha value is -2.54. The van der Waals surface area contributed by atoms with Crippen molar-refractivity contribution in [2.24, 2.45) is 11.8 Å². The first kappa shape index (κ1) is 14.1. The second-order valence-corrected chi connectivity index (χ2v) is 6.37. The van der Waals surface area contributed by atoms with Crippen LogP contribution in [-0.4, -0.2) is 28.4 Å². The number of rotatable bonds is 2. The normalized spacial score (nSPS) is 34.3. The molecule has 1 aromatic rings. The molecule has 3 heterocycles. The SMILES string of the molecule is Cc1ccc(N2C(=O)[C@H]3[C@H]4C=C[C@@](C)(O4)[C@H]3C2=O)cc1[N+](=O)[O-]. The number of carbonyl (C=O) groups is 2. The molecule has 4 atom stereocenters. The van der Waals surface area contributed by atoms with E-state index in [-0.39, 0.29) is 23.2 Å².